The number of hydrazone groups is 1. The summed E-state index contributed by atoms with van der Waals surface area (Å²) in [6.45, 7) is 0. The summed E-state index contributed by atoms with van der Waals surface area (Å²) in [5.41, 5.74) is 5.15. The number of allylic oxidation sites excluding steroid dienone is 7. The molecule has 0 saturated heterocycles. The third kappa shape index (κ3) is 1.90. The number of halogens is 1. The molecule has 0 saturated carbocycles. The molecular weight excluding hydrogens is 184 g/mol. The molecule has 1 N–H and O–H groups in total. The van der Waals surface area contributed by atoms with Crippen LogP contribution in [-0.2, 0) is 0 Å². The van der Waals surface area contributed by atoms with Crippen LogP contribution in [0.3, 0.4) is 0 Å². The minimum atomic E-state index is 0.486. The van der Waals surface area contributed by atoms with E-state index in [-0.39, 0.29) is 0 Å². The maximum atomic E-state index is 5.67. The molecule has 1 aliphatic heterocycles. The van der Waals surface area contributed by atoms with Crippen LogP contribution < -0.4 is 5.43 Å². The van der Waals surface area contributed by atoms with E-state index in [0.29, 0.717) is 5.17 Å². The summed E-state index contributed by atoms with van der Waals surface area (Å²) in [7, 11) is 0. The SMILES string of the molecule is ClC1=NN/C(=C2/C=CC=CC2)C=C1. The molecule has 0 aromatic rings. The average Bonchev–Trinajstić information content (AvgIpc) is 2.20. The van der Waals surface area contributed by atoms with Gasteiger partial charge in [-0.25, -0.2) is 0 Å². The highest BCUT2D eigenvalue weighted by Gasteiger charge is 2.04. The number of nitrogens with zero attached hydrogens (tertiary/aromatic N) is 1. The van der Waals surface area contributed by atoms with E-state index in [1.165, 1.54) is 5.57 Å². The van der Waals surface area contributed by atoms with E-state index in [4.69, 9.17) is 11.6 Å². The lowest BCUT2D eigenvalue weighted by atomic mass is 10.1. The Bertz CT molecular complexity index is 359. The van der Waals surface area contributed by atoms with Crippen molar-refractivity contribution in [1.82, 2.24) is 5.43 Å². The second kappa shape index (κ2) is 3.62. The molecule has 3 heteroatoms. The molecule has 2 nitrogen and oxygen atoms in total. The first-order valence-electron chi connectivity index (χ1n) is 4.10. The first-order chi connectivity index (χ1) is 6.36. The standard InChI is InChI=1S/C10H9ClN2/c11-10-7-6-9(12-13-10)8-4-2-1-3-5-8/h1-4,6-7,12H,5H2/b9-8-. The summed E-state index contributed by atoms with van der Waals surface area (Å²) in [5, 5.41) is 4.40. The van der Waals surface area contributed by atoms with Gasteiger partial charge < -0.3 is 0 Å². The van der Waals surface area contributed by atoms with E-state index in [9.17, 15) is 0 Å². The van der Waals surface area contributed by atoms with Gasteiger partial charge in [0, 0.05) is 0 Å². The van der Waals surface area contributed by atoms with Crippen molar-refractivity contribution in [3.8, 4) is 0 Å². The molecule has 66 valence electrons. The van der Waals surface area contributed by atoms with Crippen LogP contribution in [0.4, 0.5) is 0 Å². The van der Waals surface area contributed by atoms with Gasteiger partial charge >= 0.3 is 0 Å². The van der Waals surface area contributed by atoms with Gasteiger partial charge in [0.1, 0.15) is 5.17 Å². The predicted octanol–water partition coefficient (Wildman–Crippen LogP) is 2.47. The third-order valence-corrected chi connectivity index (χ3v) is 2.11. The van der Waals surface area contributed by atoms with Crippen LogP contribution in [-0.4, -0.2) is 5.17 Å². The zero-order valence-corrected chi connectivity index (χ0v) is 7.75. The monoisotopic (exact) mass is 192 g/mol. The highest BCUT2D eigenvalue weighted by atomic mass is 35.5. The fraction of sp³-hybridized carbons (Fsp3) is 0.100. The summed E-state index contributed by atoms with van der Waals surface area (Å²) in [4.78, 5) is 0. The van der Waals surface area contributed by atoms with Crippen molar-refractivity contribution in [3.63, 3.8) is 0 Å². The van der Waals surface area contributed by atoms with Crippen molar-refractivity contribution in [2.24, 2.45) is 5.10 Å². The van der Waals surface area contributed by atoms with E-state index in [2.05, 4.69) is 22.7 Å². The van der Waals surface area contributed by atoms with Gasteiger partial charge in [0.2, 0.25) is 0 Å². The molecule has 1 heterocycles. The van der Waals surface area contributed by atoms with Crippen LogP contribution >= 0.6 is 11.6 Å². The molecule has 0 radical (unpaired) electrons. The highest BCUT2D eigenvalue weighted by Crippen LogP contribution is 2.16. The Kier molecular flexibility index (Phi) is 2.32. The lowest BCUT2D eigenvalue weighted by Gasteiger charge is -2.11. The summed E-state index contributed by atoms with van der Waals surface area (Å²) in [6.07, 6.45) is 12.9. The van der Waals surface area contributed by atoms with Gasteiger partial charge in [0.25, 0.3) is 0 Å². The van der Waals surface area contributed by atoms with Crippen molar-refractivity contribution in [2.45, 2.75) is 6.42 Å². The van der Waals surface area contributed by atoms with E-state index < -0.39 is 0 Å². The maximum absolute atomic E-state index is 5.67. The molecule has 0 atom stereocenters. The Morgan fingerprint density at radius 1 is 1.23 bits per heavy atom. The first-order valence-corrected chi connectivity index (χ1v) is 4.48. The molecule has 13 heavy (non-hydrogen) atoms. The van der Waals surface area contributed by atoms with Gasteiger partial charge in [-0.05, 0) is 24.1 Å². The van der Waals surface area contributed by atoms with Gasteiger partial charge in [-0.2, -0.15) is 5.10 Å². The number of hydrogen-bond acceptors (Lipinski definition) is 2. The van der Waals surface area contributed by atoms with Crippen LogP contribution in [0.15, 0.2) is 52.8 Å². The molecule has 0 amide bonds. The van der Waals surface area contributed by atoms with Crippen molar-refractivity contribution in [1.29, 1.82) is 0 Å². The lowest BCUT2D eigenvalue weighted by Crippen LogP contribution is -2.11. The fourth-order valence-electron chi connectivity index (χ4n) is 1.23. The van der Waals surface area contributed by atoms with E-state index >= 15 is 0 Å². The van der Waals surface area contributed by atoms with Gasteiger partial charge in [0.15, 0.2) is 0 Å². The van der Waals surface area contributed by atoms with Crippen molar-refractivity contribution < 1.29 is 0 Å². The Morgan fingerprint density at radius 3 is 2.77 bits per heavy atom. The first kappa shape index (κ1) is 8.32. The Morgan fingerprint density at radius 2 is 2.15 bits per heavy atom. The molecule has 1 aliphatic carbocycles. The second-order valence-electron chi connectivity index (χ2n) is 2.81. The van der Waals surface area contributed by atoms with Crippen molar-refractivity contribution in [2.75, 3.05) is 0 Å². The molecule has 0 unspecified atom stereocenters. The summed E-state index contributed by atoms with van der Waals surface area (Å²) >= 11 is 5.67. The van der Waals surface area contributed by atoms with Crippen LogP contribution in [0.1, 0.15) is 6.42 Å². The zero-order chi connectivity index (χ0) is 9.10. The van der Waals surface area contributed by atoms with Crippen LogP contribution in [0.2, 0.25) is 0 Å². The molecule has 0 aromatic heterocycles. The highest BCUT2D eigenvalue weighted by molar-refractivity contribution is 6.68. The Hall–Kier alpha value is -1.28. The summed E-state index contributed by atoms with van der Waals surface area (Å²) in [6, 6.07) is 0. The van der Waals surface area contributed by atoms with Crippen molar-refractivity contribution >= 4 is 16.8 Å². The number of hydrogen-bond donors (Lipinski definition) is 1. The topological polar surface area (TPSA) is 24.4 Å². The minimum Gasteiger partial charge on any atom is -0.277 e. The zero-order valence-electron chi connectivity index (χ0n) is 7.00. The van der Waals surface area contributed by atoms with E-state index in [1.807, 2.05) is 18.2 Å². The maximum Gasteiger partial charge on any atom is 0.149 e. The predicted molar refractivity (Wildman–Crippen MR) is 55.5 cm³/mol. The summed E-state index contributed by atoms with van der Waals surface area (Å²) < 4.78 is 0. The van der Waals surface area contributed by atoms with Gasteiger partial charge in [0.05, 0.1) is 5.70 Å². The molecule has 0 bridgehead atoms. The van der Waals surface area contributed by atoms with Crippen LogP contribution in [0.5, 0.6) is 0 Å². The molecule has 0 spiro atoms. The van der Waals surface area contributed by atoms with Crippen LogP contribution in [0, 0.1) is 0 Å². The average molecular weight is 193 g/mol. The molecular formula is C10H9ClN2. The third-order valence-electron chi connectivity index (χ3n) is 1.90. The Balaban J connectivity index is 2.23. The molecule has 2 rings (SSSR count). The quantitative estimate of drug-likeness (QED) is 0.627. The number of nitrogens with one attached hydrogen (secondary N) is 1. The normalized spacial score (nSPS) is 25.8. The smallest absolute Gasteiger partial charge is 0.149 e. The Labute approximate surface area is 82.0 Å². The molecule has 2 aliphatic rings. The van der Waals surface area contributed by atoms with Crippen molar-refractivity contribution in [3.05, 3.63) is 47.7 Å². The second-order valence-corrected chi connectivity index (χ2v) is 3.20. The van der Waals surface area contributed by atoms with E-state index in [0.717, 1.165) is 12.1 Å². The van der Waals surface area contributed by atoms with Gasteiger partial charge in [-0.15, -0.1) is 0 Å². The minimum absolute atomic E-state index is 0.486. The fourth-order valence-corrected chi connectivity index (χ4v) is 1.34. The van der Waals surface area contributed by atoms with Gasteiger partial charge in [-0.1, -0.05) is 35.9 Å². The number of rotatable bonds is 0. The summed E-state index contributed by atoms with van der Waals surface area (Å²) in [5.74, 6) is 0. The lowest BCUT2D eigenvalue weighted by molar-refractivity contribution is 0.893. The molecule has 0 fully saturated rings. The van der Waals surface area contributed by atoms with Gasteiger partial charge in [-0.3, -0.25) is 5.43 Å². The molecule has 0 aromatic carbocycles. The largest absolute Gasteiger partial charge is 0.277 e. The van der Waals surface area contributed by atoms with E-state index in [1.54, 1.807) is 6.08 Å². The van der Waals surface area contributed by atoms with Crippen LogP contribution in [0.25, 0.3) is 0 Å².